The number of rotatable bonds is 3. The smallest absolute Gasteiger partial charge is 0.161 e. The molecule has 0 aliphatic heterocycles. The average Bonchev–Trinajstić information content (AvgIpc) is 3.37. The number of fused-ring (bicyclic) bond motifs is 6. The third-order valence-corrected chi connectivity index (χ3v) is 6.64. The Morgan fingerprint density at radius 1 is 0.824 bits per heavy atom. The number of hydrogen-bond acceptors (Lipinski definition) is 3. The molecule has 0 N–H and O–H groups in total. The van der Waals surface area contributed by atoms with Crippen LogP contribution in [0.2, 0.25) is 0 Å². The molecule has 0 aliphatic rings. The molecule has 6 aromatic rings. The Bertz CT molecular complexity index is 1690. The van der Waals surface area contributed by atoms with Crippen LogP contribution in [0, 0.1) is 5.92 Å². The first-order valence-corrected chi connectivity index (χ1v) is 12.1. The summed E-state index contributed by atoms with van der Waals surface area (Å²) in [5.74, 6) is 1.56. The van der Waals surface area contributed by atoms with Gasteiger partial charge >= 0.3 is 0 Å². The number of pyridine rings is 1. The van der Waals surface area contributed by atoms with Gasteiger partial charge in [0.05, 0.1) is 5.39 Å². The number of nitrogens with zero attached hydrogens (tertiary/aromatic N) is 1. The Kier molecular flexibility index (Phi) is 4.60. The first kappa shape index (κ1) is 21.0. The van der Waals surface area contributed by atoms with Gasteiger partial charge in [-0.05, 0) is 64.1 Å². The van der Waals surface area contributed by atoms with E-state index in [9.17, 15) is 0 Å². The molecule has 34 heavy (non-hydrogen) atoms. The van der Waals surface area contributed by atoms with E-state index in [0.717, 1.165) is 56.3 Å². The lowest BCUT2D eigenvalue weighted by Gasteiger charge is -2.22. The Morgan fingerprint density at radius 2 is 1.65 bits per heavy atom. The highest BCUT2D eigenvalue weighted by Gasteiger charge is 2.22. The van der Waals surface area contributed by atoms with E-state index in [1.54, 1.807) is 0 Å². The molecule has 0 amide bonds. The summed E-state index contributed by atoms with van der Waals surface area (Å²) in [6.07, 6.45) is 2.81. The van der Waals surface area contributed by atoms with Crippen LogP contribution >= 0.6 is 0 Å². The second-order valence-corrected chi connectivity index (χ2v) is 10.8. The molecule has 3 aromatic heterocycles. The van der Waals surface area contributed by atoms with Crippen molar-refractivity contribution in [3.8, 4) is 11.3 Å². The zero-order valence-corrected chi connectivity index (χ0v) is 20.4. The number of benzene rings is 3. The maximum atomic E-state index is 6.45. The SMILES string of the molecule is CC(C)Cc1cc2ccc3oc4c(-c5cc(C(C)(C)C)c6ccccc6c5)nccc4c3c2o1. The molecule has 0 unspecified atom stereocenters. The summed E-state index contributed by atoms with van der Waals surface area (Å²) >= 11 is 0. The van der Waals surface area contributed by atoms with E-state index >= 15 is 0 Å². The van der Waals surface area contributed by atoms with Gasteiger partial charge in [-0.3, -0.25) is 4.98 Å². The highest BCUT2D eigenvalue weighted by Crippen LogP contribution is 2.41. The van der Waals surface area contributed by atoms with Crippen molar-refractivity contribution in [3.63, 3.8) is 0 Å². The van der Waals surface area contributed by atoms with Crippen LogP contribution < -0.4 is 0 Å². The molecule has 3 heterocycles. The van der Waals surface area contributed by atoms with Gasteiger partial charge < -0.3 is 8.83 Å². The molecule has 0 saturated carbocycles. The van der Waals surface area contributed by atoms with Crippen LogP contribution in [0.1, 0.15) is 45.9 Å². The summed E-state index contributed by atoms with van der Waals surface area (Å²) in [6.45, 7) is 11.2. The second-order valence-electron chi connectivity index (χ2n) is 10.8. The highest BCUT2D eigenvalue weighted by molar-refractivity contribution is 6.18. The highest BCUT2D eigenvalue weighted by atomic mass is 16.3. The minimum absolute atomic E-state index is 0.00450. The molecule has 0 spiro atoms. The van der Waals surface area contributed by atoms with E-state index < -0.39 is 0 Å². The van der Waals surface area contributed by atoms with E-state index in [2.05, 4.69) is 89.2 Å². The first-order chi connectivity index (χ1) is 16.3. The number of furan rings is 2. The van der Waals surface area contributed by atoms with Crippen molar-refractivity contribution in [2.75, 3.05) is 0 Å². The predicted molar refractivity (Wildman–Crippen MR) is 141 cm³/mol. The maximum Gasteiger partial charge on any atom is 0.161 e. The molecule has 0 saturated heterocycles. The molecule has 3 nitrogen and oxygen atoms in total. The van der Waals surface area contributed by atoms with Crippen LogP contribution in [0.25, 0.3) is 54.9 Å². The summed E-state index contributed by atoms with van der Waals surface area (Å²) in [5, 5.41) is 5.69. The van der Waals surface area contributed by atoms with Gasteiger partial charge in [0.25, 0.3) is 0 Å². The lowest BCUT2D eigenvalue weighted by molar-refractivity contribution is 0.501. The molecule has 3 heteroatoms. The van der Waals surface area contributed by atoms with Crippen LogP contribution in [-0.2, 0) is 11.8 Å². The normalized spacial score (nSPS) is 12.6. The quantitative estimate of drug-likeness (QED) is 0.272. The topological polar surface area (TPSA) is 39.2 Å². The minimum Gasteiger partial charge on any atom is -0.460 e. The molecular formula is C31H29NO2. The summed E-state index contributed by atoms with van der Waals surface area (Å²) in [5.41, 5.74) is 5.79. The van der Waals surface area contributed by atoms with Gasteiger partial charge in [0.15, 0.2) is 5.58 Å². The van der Waals surface area contributed by atoms with E-state index in [0.29, 0.717) is 5.92 Å². The molecule has 0 fully saturated rings. The van der Waals surface area contributed by atoms with E-state index in [1.807, 2.05) is 12.3 Å². The molecule has 0 atom stereocenters. The fourth-order valence-corrected chi connectivity index (χ4v) is 5.11. The zero-order chi connectivity index (χ0) is 23.6. The Balaban J connectivity index is 1.63. The Labute approximate surface area is 199 Å². The fourth-order valence-electron chi connectivity index (χ4n) is 5.11. The molecule has 170 valence electrons. The number of aromatic nitrogens is 1. The molecule has 6 rings (SSSR count). The van der Waals surface area contributed by atoms with Crippen molar-refractivity contribution in [1.29, 1.82) is 0 Å². The fraction of sp³-hybridized carbons (Fsp3) is 0.258. The third kappa shape index (κ3) is 3.30. The lowest BCUT2D eigenvalue weighted by Crippen LogP contribution is -2.12. The Hall–Kier alpha value is -3.59. The summed E-state index contributed by atoms with van der Waals surface area (Å²) in [7, 11) is 0. The van der Waals surface area contributed by atoms with Gasteiger partial charge in [0, 0.05) is 29.0 Å². The van der Waals surface area contributed by atoms with Crippen molar-refractivity contribution < 1.29 is 8.83 Å². The summed E-state index contributed by atoms with van der Waals surface area (Å²) in [6, 6.07) is 21.4. The van der Waals surface area contributed by atoms with Crippen molar-refractivity contribution in [2.24, 2.45) is 5.92 Å². The standard InChI is InChI=1S/C31H29NO2/c1-18(2)14-22-16-20-10-11-26-27(29(20)33-22)24-12-13-32-28(30(24)34-26)21-15-19-8-6-7-9-23(19)25(17-21)31(3,4)5/h6-13,15-18H,14H2,1-5H3. The Morgan fingerprint density at radius 3 is 2.44 bits per heavy atom. The van der Waals surface area contributed by atoms with Gasteiger partial charge in [-0.15, -0.1) is 0 Å². The van der Waals surface area contributed by atoms with Crippen LogP contribution in [-0.4, -0.2) is 4.98 Å². The second kappa shape index (κ2) is 7.46. The van der Waals surface area contributed by atoms with E-state index in [4.69, 9.17) is 13.8 Å². The largest absolute Gasteiger partial charge is 0.460 e. The molecule has 0 aliphatic carbocycles. The molecule has 3 aromatic carbocycles. The van der Waals surface area contributed by atoms with Gasteiger partial charge in [0.2, 0.25) is 0 Å². The van der Waals surface area contributed by atoms with Crippen LogP contribution in [0.5, 0.6) is 0 Å². The van der Waals surface area contributed by atoms with Crippen LogP contribution in [0.3, 0.4) is 0 Å². The van der Waals surface area contributed by atoms with Gasteiger partial charge in [-0.25, -0.2) is 0 Å². The van der Waals surface area contributed by atoms with Crippen molar-refractivity contribution in [2.45, 2.75) is 46.5 Å². The van der Waals surface area contributed by atoms with Gasteiger partial charge in [0.1, 0.15) is 22.6 Å². The van der Waals surface area contributed by atoms with Crippen molar-refractivity contribution in [1.82, 2.24) is 4.98 Å². The first-order valence-electron chi connectivity index (χ1n) is 12.1. The van der Waals surface area contributed by atoms with E-state index in [1.165, 1.54) is 16.3 Å². The van der Waals surface area contributed by atoms with Crippen LogP contribution in [0.4, 0.5) is 0 Å². The van der Waals surface area contributed by atoms with Crippen LogP contribution in [0.15, 0.2) is 75.7 Å². The zero-order valence-electron chi connectivity index (χ0n) is 20.4. The third-order valence-electron chi connectivity index (χ3n) is 6.64. The monoisotopic (exact) mass is 447 g/mol. The van der Waals surface area contributed by atoms with Gasteiger partial charge in [-0.2, -0.15) is 0 Å². The molecule has 0 radical (unpaired) electrons. The minimum atomic E-state index is 0.00450. The van der Waals surface area contributed by atoms with E-state index in [-0.39, 0.29) is 5.41 Å². The average molecular weight is 448 g/mol. The lowest BCUT2D eigenvalue weighted by atomic mass is 9.82. The number of hydrogen-bond donors (Lipinski definition) is 0. The molecular weight excluding hydrogens is 418 g/mol. The predicted octanol–water partition coefficient (Wildman–Crippen LogP) is 9.04. The summed E-state index contributed by atoms with van der Waals surface area (Å²) < 4.78 is 12.8. The summed E-state index contributed by atoms with van der Waals surface area (Å²) in [4.78, 5) is 4.80. The van der Waals surface area contributed by atoms with Crippen molar-refractivity contribution in [3.05, 3.63) is 78.2 Å². The van der Waals surface area contributed by atoms with Gasteiger partial charge in [-0.1, -0.05) is 58.9 Å². The molecule has 0 bridgehead atoms. The van der Waals surface area contributed by atoms with Crippen molar-refractivity contribution >= 4 is 43.7 Å². The maximum absolute atomic E-state index is 6.45.